The Bertz CT molecular complexity index is 589. The Morgan fingerprint density at radius 3 is 2.95 bits per heavy atom. The number of rotatable bonds is 8. The van der Waals surface area contributed by atoms with Crippen molar-refractivity contribution in [2.24, 2.45) is 0 Å². The van der Waals surface area contributed by atoms with Crippen molar-refractivity contribution < 1.29 is 9.13 Å². The molecule has 0 saturated heterocycles. The summed E-state index contributed by atoms with van der Waals surface area (Å²) in [6.45, 7) is 4.23. The number of nitrogens with zero attached hydrogens (tertiary/aromatic N) is 1. The van der Waals surface area contributed by atoms with Gasteiger partial charge in [0.15, 0.2) is 5.82 Å². The largest absolute Gasteiger partial charge is 0.398 e. The van der Waals surface area contributed by atoms with Gasteiger partial charge in [0.05, 0.1) is 11.2 Å². The third-order valence-corrected chi connectivity index (χ3v) is 3.29. The first-order valence-corrected chi connectivity index (χ1v) is 7.38. The number of anilines is 2. The summed E-state index contributed by atoms with van der Waals surface area (Å²) in [5.41, 5.74) is 7.21. The Morgan fingerprint density at radius 2 is 2.14 bits per heavy atom. The van der Waals surface area contributed by atoms with Gasteiger partial charge in [-0.05, 0) is 31.0 Å². The molecule has 2 aromatic rings. The highest BCUT2D eigenvalue weighted by atomic mass is 19.1. The Hall–Kier alpha value is -1.88. The molecule has 1 aromatic carbocycles. The number of fused-ring (bicyclic) bond motifs is 1. The Balaban J connectivity index is 1.96. The standard InChI is InChI=1S/C16H22FN3O/c1-2-3-9-21-10-5-8-20-16-13(17)11-14(18)12-6-4-7-19-15(12)16/h4,6-7,11,20H,2-3,5,8-10,18H2,1H3. The smallest absolute Gasteiger partial charge is 0.150 e. The molecule has 0 radical (unpaired) electrons. The third-order valence-electron chi connectivity index (χ3n) is 3.29. The molecule has 0 aliphatic heterocycles. The van der Waals surface area contributed by atoms with Gasteiger partial charge in [0.2, 0.25) is 0 Å². The first-order chi connectivity index (χ1) is 10.2. The van der Waals surface area contributed by atoms with E-state index >= 15 is 0 Å². The van der Waals surface area contributed by atoms with E-state index in [1.165, 1.54) is 6.07 Å². The number of nitrogens with two attached hydrogens (primary N) is 1. The second-order valence-electron chi connectivity index (χ2n) is 4.97. The topological polar surface area (TPSA) is 60.2 Å². The molecule has 0 aliphatic rings. The molecule has 4 nitrogen and oxygen atoms in total. The number of unbranched alkanes of at least 4 members (excludes halogenated alkanes) is 1. The van der Waals surface area contributed by atoms with Gasteiger partial charge in [-0.25, -0.2) is 4.39 Å². The van der Waals surface area contributed by atoms with Crippen LogP contribution in [0.15, 0.2) is 24.4 Å². The summed E-state index contributed by atoms with van der Waals surface area (Å²) in [5.74, 6) is -0.370. The monoisotopic (exact) mass is 291 g/mol. The van der Waals surface area contributed by atoms with E-state index in [4.69, 9.17) is 10.5 Å². The summed E-state index contributed by atoms with van der Waals surface area (Å²) in [7, 11) is 0. The SMILES string of the molecule is CCCCOCCCNc1c(F)cc(N)c2cccnc12. The molecule has 3 N–H and O–H groups in total. The van der Waals surface area contributed by atoms with E-state index in [9.17, 15) is 4.39 Å². The van der Waals surface area contributed by atoms with E-state index < -0.39 is 0 Å². The molecule has 0 atom stereocenters. The lowest BCUT2D eigenvalue weighted by Crippen LogP contribution is -2.09. The maximum absolute atomic E-state index is 14.0. The highest BCUT2D eigenvalue weighted by Crippen LogP contribution is 2.29. The Morgan fingerprint density at radius 1 is 1.33 bits per heavy atom. The summed E-state index contributed by atoms with van der Waals surface area (Å²) in [6, 6.07) is 4.97. The molecule has 0 unspecified atom stereocenters. The second-order valence-corrected chi connectivity index (χ2v) is 4.97. The minimum Gasteiger partial charge on any atom is -0.398 e. The molecule has 2 rings (SSSR count). The van der Waals surface area contributed by atoms with Gasteiger partial charge in [-0.15, -0.1) is 0 Å². The van der Waals surface area contributed by atoms with Crippen LogP contribution in [0.2, 0.25) is 0 Å². The van der Waals surface area contributed by atoms with Crippen molar-refractivity contribution in [2.45, 2.75) is 26.2 Å². The quantitative estimate of drug-likeness (QED) is 0.576. The fourth-order valence-electron chi connectivity index (χ4n) is 2.14. The van der Waals surface area contributed by atoms with Crippen molar-refractivity contribution in [1.82, 2.24) is 4.98 Å². The molecule has 0 amide bonds. The summed E-state index contributed by atoms with van der Waals surface area (Å²) < 4.78 is 19.5. The predicted molar refractivity (Wildman–Crippen MR) is 84.9 cm³/mol. The molecule has 0 fully saturated rings. The first kappa shape index (κ1) is 15.5. The lowest BCUT2D eigenvalue weighted by Gasteiger charge is -2.12. The van der Waals surface area contributed by atoms with Crippen LogP contribution >= 0.6 is 0 Å². The van der Waals surface area contributed by atoms with Crippen molar-refractivity contribution in [2.75, 3.05) is 30.8 Å². The summed E-state index contributed by atoms with van der Waals surface area (Å²) >= 11 is 0. The highest BCUT2D eigenvalue weighted by Gasteiger charge is 2.11. The minimum atomic E-state index is -0.370. The normalized spacial score (nSPS) is 11.0. The minimum absolute atomic E-state index is 0.370. The number of nitrogens with one attached hydrogen (secondary N) is 1. The molecule has 1 aromatic heterocycles. The summed E-state index contributed by atoms with van der Waals surface area (Å²) in [6.07, 6.45) is 4.67. The van der Waals surface area contributed by atoms with Crippen molar-refractivity contribution in [1.29, 1.82) is 0 Å². The van der Waals surface area contributed by atoms with Gasteiger partial charge in [-0.2, -0.15) is 0 Å². The number of hydrogen-bond acceptors (Lipinski definition) is 4. The van der Waals surface area contributed by atoms with E-state index in [1.807, 2.05) is 6.07 Å². The van der Waals surface area contributed by atoms with Gasteiger partial charge in [-0.3, -0.25) is 4.98 Å². The second kappa shape index (κ2) is 7.78. The molecule has 0 saturated carbocycles. The van der Waals surface area contributed by atoms with Crippen molar-refractivity contribution >= 4 is 22.3 Å². The van der Waals surface area contributed by atoms with E-state index in [0.717, 1.165) is 31.3 Å². The summed E-state index contributed by atoms with van der Waals surface area (Å²) in [4.78, 5) is 4.23. The van der Waals surface area contributed by atoms with Gasteiger partial charge in [-0.1, -0.05) is 13.3 Å². The predicted octanol–water partition coefficient (Wildman–Crippen LogP) is 3.57. The summed E-state index contributed by atoms with van der Waals surface area (Å²) in [5, 5.41) is 3.87. The van der Waals surface area contributed by atoms with Crippen LogP contribution in [0.25, 0.3) is 10.9 Å². The van der Waals surface area contributed by atoms with E-state index in [0.29, 0.717) is 30.0 Å². The first-order valence-electron chi connectivity index (χ1n) is 7.38. The van der Waals surface area contributed by atoms with Crippen LogP contribution in [0.3, 0.4) is 0 Å². The zero-order chi connectivity index (χ0) is 15.1. The van der Waals surface area contributed by atoms with Crippen LogP contribution in [0, 0.1) is 5.82 Å². The average molecular weight is 291 g/mol. The lowest BCUT2D eigenvalue weighted by atomic mass is 10.1. The number of aromatic nitrogens is 1. The van der Waals surface area contributed by atoms with Crippen molar-refractivity contribution in [3.8, 4) is 0 Å². The molecular weight excluding hydrogens is 269 g/mol. The molecule has 0 aliphatic carbocycles. The zero-order valence-corrected chi connectivity index (χ0v) is 12.4. The Kier molecular flexibility index (Phi) is 5.75. The van der Waals surface area contributed by atoms with Crippen molar-refractivity contribution in [3.63, 3.8) is 0 Å². The fourth-order valence-corrected chi connectivity index (χ4v) is 2.14. The average Bonchev–Trinajstić information content (AvgIpc) is 2.49. The molecule has 114 valence electrons. The van der Waals surface area contributed by atoms with Crippen LogP contribution in [0.1, 0.15) is 26.2 Å². The Labute approximate surface area is 124 Å². The van der Waals surface area contributed by atoms with Gasteiger partial charge in [0, 0.05) is 37.0 Å². The number of nitrogen functional groups attached to an aromatic ring is 1. The number of benzene rings is 1. The molecule has 1 heterocycles. The molecule has 5 heteroatoms. The molecule has 0 spiro atoms. The lowest BCUT2D eigenvalue weighted by molar-refractivity contribution is 0.131. The fraction of sp³-hybridized carbons (Fsp3) is 0.438. The van der Waals surface area contributed by atoms with Crippen LogP contribution < -0.4 is 11.1 Å². The highest BCUT2D eigenvalue weighted by molar-refractivity contribution is 5.98. The van der Waals surface area contributed by atoms with Crippen molar-refractivity contribution in [3.05, 3.63) is 30.2 Å². The van der Waals surface area contributed by atoms with Crippen LogP contribution in [-0.2, 0) is 4.74 Å². The molecule has 21 heavy (non-hydrogen) atoms. The van der Waals surface area contributed by atoms with Gasteiger partial charge < -0.3 is 15.8 Å². The van der Waals surface area contributed by atoms with Crippen LogP contribution in [0.4, 0.5) is 15.8 Å². The zero-order valence-electron chi connectivity index (χ0n) is 12.4. The number of pyridine rings is 1. The maximum atomic E-state index is 14.0. The van der Waals surface area contributed by atoms with E-state index in [-0.39, 0.29) is 5.82 Å². The van der Waals surface area contributed by atoms with Crippen LogP contribution in [0.5, 0.6) is 0 Å². The number of ether oxygens (including phenoxy) is 1. The van der Waals surface area contributed by atoms with Gasteiger partial charge >= 0.3 is 0 Å². The number of hydrogen-bond donors (Lipinski definition) is 2. The van der Waals surface area contributed by atoms with E-state index in [1.54, 1.807) is 12.3 Å². The molecule has 0 bridgehead atoms. The number of halogens is 1. The third kappa shape index (κ3) is 4.04. The van der Waals surface area contributed by atoms with Gasteiger partial charge in [0.25, 0.3) is 0 Å². The molecular formula is C16H22FN3O. The maximum Gasteiger partial charge on any atom is 0.150 e. The van der Waals surface area contributed by atoms with E-state index in [2.05, 4.69) is 17.2 Å². The van der Waals surface area contributed by atoms with Crippen LogP contribution in [-0.4, -0.2) is 24.7 Å². The van der Waals surface area contributed by atoms with Gasteiger partial charge in [0.1, 0.15) is 0 Å².